The van der Waals surface area contributed by atoms with Crippen molar-refractivity contribution in [3.05, 3.63) is 93.4 Å². The minimum Gasteiger partial charge on any atom is -0.391 e. The Kier molecular flexibility index (Phi) is 6.04. The first-order valence-corrected chi connectivity index (χ1v) is 8.76. The molecule has 0 aliphatic heterocycles. The van der Waals surface area contributed by atoms with Gasteiger partial charge in [-0.3, -0.25) is 4.79 Å². The van der Waals surface area contributed by atoms with Gasteiger partial charge in [-0.15, -0.1) is 0 Å². The molecule has 1 aromatic heterocycles. The molecule has 2 N–H and O–H groups in total. The SMILES string of the molecule is O=c1c(Cl)c(NCC(O)Cc2ccccc2)cnn1Cc1ccccc1. The number of nitrogens with one attached hydrogen (secondary N) is 1. The molecule has 0 aliphatic rings. The van der Waals surface area contributed by atoms with Gasteiger partial charge >= 0.3 is 0 Å². The summed E-state index contributed by atoms with van der Waals surface area (Å²) in [5, 5.41) is 17.4. The van der Waals surface area contributed by atoms with Crippen molar-refractivity contribution in [3.63, 3.8) is 0 Å². The Morgan fingerprint density at radius 1 is 1.04 bits per heavy atom. The van der Waals surface area contributed by atoms with Gasteiger partial charge < -0.3 is 10.4 Å². The van der Waals surface area contributed by atoms with Gasteiger partial charge in [0, 0.05) is 13.0 Å². The summed E-state index contributed by atoms with van der Waals surface area (Å²) in [7, 11) is 0. The van der Waals surface area contributed by atoms with E-state index in [9.17, 15) is 9.90 Å². The molecular weight excluding hydrogens is 350 g/mol. The monoisotopic (exact) mass is 369 g/mol. The molecule has 0 spiro atoms. The number of hydrogen-bond donors (Lipinski definition) is 2. The predicted molar refractivity (Wildman–Crippen MR) is 104 cm³/mol. The molecule has 3 rings (SSSR count). The molecule has 26 heavy (non-hydrogen) atoms. The lowest BCUT2D eigenvalue weighted by molar-refractivity contribution is 0.188. The minimum atomic E-state index is -0.597. The third-order valence-corrected chi connectivity index (χ3v) is 4.37. The first kappa shape index (κ1) is 18.2. The predicted octanol–water partition coefficient (Wildman–Crippen LogP) is 2.96. The summed E-state index contributed by atoms with van der Waals surface area (Å²) in [4.78, 5) is 12.4. The minimum absolute atomic E-state index is 0.0721. The van der Waals surface area contributed by atoms with Crippen LogP contribution in [0, 0.1) is 0 Å². The van der Waals surface area contributed by atoms with E-state index in [-0.39, 0.29) is 17.1 Å². The van der Waals surface area contributed by atoms with Gasteiger partial charge in [0.1, 0.15) is 5.02 Å². The maximum Gasteiger partial charge on any atom is 0.287 e. The fourth-order valence-corrected chi connectivity index (χ4v) is 2.86. The molecule has 1 unspecified atom stereocenters. The zero-order valence-electron chi connectivity index (χ0n) is 14.2. The average molecular weight is 370 g/mol. The van der Waals surface area contributed by atoms with Gasteiger partial charge in [-0.25, -0.2) is 4.68 Å². The first-order valence-electron chi connectivity index (χ1n) is 8.39. The third-order valence-electron chi connectivity index (χ3n) is 4.00. The Morgan fingerprint density at radius 3 is 2.31 bits per heavy atom. The number of anilines is 1. The molecule has 2 aromatic carbocycles. The number of aromatic nitrogens is 2. The van der Waals surface area contributed by atoms with Crippen molar-refractivity contribution in [3.8, 4) is 0 Å². The van der Waals surface area contributed by atoms with E-state index in [2.05, 4.69) is 10.4 Å². The summed E-state index contributed by atoms with van der Waals surface area (Å²) in [5.41, 5.74) is 2.08. The van der Waals surface area contributed by atoms with E-state index >= 15 is 0 Å². The highest BCUT2D eigenvalue weighted by molar-refractivity contribution is 6.32. The maximum atomic E-state index is 12.4. The molecule has 134 valence electrons. The number of nitrogens with zero attached hydrogens (tertiary/aromatic N) is 2. The van der Waals surface area contributed by atoms with Crippen LogP contribution in [0.25, 0.3) is 0 Å². The van der Waals surface area contributed by atoms with Gasteiger partial charge in [0.05, 0.1) is 24.5 Å². The molecule has 0 bridgehead atoms. The van der Waals surface area contributed by atoms with Crippen LogP contribution in [-0.4, -0.2) is 27.5 Å². The fraction of sp³-hybridized carbons (Fsp3) is 0.200. The molecule has 3 aromatic rings. The number of benzene rings is 2. The number of halogens is 1. The molecule has 5 nitrogen and oxygen atoms in total. The summed E-state index contributed by atoms with van der Waals surface area (Å²) in [5.74, 6) is 0. The van der Waals surface area contributed by atoms with Crippen molar-refractivity contribution in [1.82, 2.24) is 9.78 Å². The molecule has 1 atom stereocenters. The number of aliphatic hydroxyl groups excluding tert-OH is 1. The Balaban J connectivity index is 1.64. The lowest BCUT2D eigenvalue weighted by atomic mass is 10.1. The van der Waals surface area contributed by atoms with E-state index in [0.29, 0.717) is 18.7 Å². The molecule has 6 heteroatoms. The van der Waals surface area contributed by atoms with Crippen molar-refractivity contribution in [2.45, 2.75) is 19.1 Å². The van der Waals surface area contributed by atoms with Crippen molar-refractivity contribution >= 4 is 17.3 Å². The van der Waals surface area contributed by atoms with E-state index in [1.165, 1.54) is 10.9 Å². The van der Waals surface area contributed by atoms with E-state index in [1.54, 1.807) is 0 Å². The van der Waals surface area contributed by atoms with Gasteiger partial charge in [0.25, 0.3) is 5.56 Å². The van der Waals surface area contributed by atoms with E-state index in [1.807, 2.05) is 60.7 Å². The topological polar surface area (TPSA) is 67.2 Å². The Labute approximate surface area is 156 Å². The highest BCUT2D eigenvalue weighted by Crippen LogP contribution is 2.16. The summed E-state index contributed by atoms with van der Waals surface area (Å²) in [6.07, 6.45) is 1.44. The van der Waals surface area contributed by atoms with Crippen LogP contribution in [0.15, 0.2) is 71.7 Å². The van der Waals surface area contributed by atoms with Crippen LogP contribution in [0.5, 0.6) is 0 Å². The van der Waals surface area contributed by atoms with Crippen molar-refractivity contribution in [2.75, 3.05) is 11.9 Å². The van der Waals surface area contributed by atoms with Crippen LogP contribution in [0.2, 0.25) is 5.02 Å². The van der Waals surface area contributed by atoms with E-state index < -0.39 is 6.10 Å². The second kappa shape index (κ2) is 8.65. The molecule has 1 heterocycles. The van der Waals surface area contributed by atoms with E-state index in [4.69, 9.17) is 11.6 Å². The number of hydrogen-bond acceptors (Lipinski definition) is 4. The average Bonchev–Trinajstić information content (AvgIpc) is 2.66. The van der Waals surface area contributed by atoms with Crippen LogP contribution in [0.1, 0.15) is 11.1 Å². The lowest BCUT2D eigenvalue weighted by Crippen LogP contribution is -2.27. The Morgan fingerprint density at radius 2 is 1.65 bits per heavy atom. The first-order chi connectivity index (χ1) is 12.6. The van der Waals surface area contributed by atoms with Crippen LogP contribution in [-0.2, 0) is 13.0 Å². The highest BCUT2D eigenvalue weighted by atomic mass is 35.5. The molecule has 0 radical (unpaired) electrons. The van der Waals surface area contributed by atoms with Crippen LogP contribution < -0.4 is 10.9 Å². The van der Waals surface area contributed by atoms with Gasteiger partial charge in [-0.05, 0) is 11.1 Å². The lowest BCUT2D eigenvalue weighted by Gasteiger charge is -2.14. The molecule has 0 saturated carbocycles. The summed E-state index contributed by atoms with van der Waals surface area (Å²) in [6.45, 7) is 0.634. The highest BCUT2D eigenvalue weighted by Gasteiger charge is 2.11. The Bertz CT molecular complexity index is 898. The van der Waals surface area contributed by atoms with Gasteiger partial charge in [-0.2, -0.15) is 5.10 Å². The van der Waals surface area contributed by atoms with Crippen molar-refractivity contribution < 1.29 is 5.11 Å². The fourth-order valence-electron chi connectivity index (χ4n) is 2.64. The van der Waals surface area contributed by atoms with Crippen molar-refractivity contribution in [1.29, 1.82) is 0 Å². The summed E-state index contributed by atoms with van der Waals surface area (Å²) in [6, 6.07) is 19.3. The zero-order valence-corrected chi connectivity index (χ0v) is 14.9. The number of rotatable bonds is 7. The van der Waals surface area contributed by atoms with Gasteiger partial charge in [0.2, 0.25) is 0 Å². The number of aliphatic hydroxyl groups is 1. The third kappa shape index (κ3) is 4.71. The van der Waals surface area contributed by atoms with Gasteiger partial charge in [-0.1, -0.05) is 72.3 Å². The Hall–Kier alpha value is -2.63. The quantitative estimate of drug-likeness (QED) is 0.672. The molecule has 0 fully saturated rings. The standard InChI is InChI=1S/C20H20ClN3O2/c21-19-18(22-12-17(25)11-15-7-3-1-4-8-15)13-23-24(20(19)26)14-16-9-5-2-6-10-16/h1-10,13,17,22,25H,11-12,14H2. The molecule has 0 aliphatic carbocycles. The molecule has 0 amide bonds. The van der Waals surface area contributed by atoms with Crippen LogP contribution in [0.3, 0.4) is 0 Å². The summed E-state index contributed by atoms with van der Waals surface area (Å²) < 4.78 is 1.32. The normalized spacial score (nSPS) is 11.9. The largest absolute Gasteiger partial charge is 0.391 e. The maximum absolute atomic E-state index is 12.4. The second-order valence-electron chi connectivity index (χ2n) is 6.05. The summed E-state index contributed by atoms with van der Waals surface area (Å²) >= 11 is 6.19. The molecular formula is C20H20ClN3O2. The van der Waals surface area contributed by atoms with Crippen LogP contribution >= 0.6 is 11.6 Å². The zero-order chi connectivity index (χ0) is 18.4. The van der Waals surface area contributed by atoms with E-state index in [0.717, 1.165) is 11.1 Å². The molecule has 0 saturated heterocycles. The second-order valence-corrected chi connectivity index (χ2v) is 6.42. The van der Waals surface area contributed by atoms with Gasteiger partial charge in [0.15, 0.2) is 0 Å². The van der Waals surface area contributed by atoms with Crippen molar-refractivity contribution in [2.24, 2.45) is 0 Å². The van der Waals surface area contributed by atoms with Crippen LogP contribution in [0.4, 0.5) is 5.69 Å². The smallest absolute Gasteiger partial charge is 0.287 e.